The van der Waals surface area contributed by atoms with E-state index < -0.39 is 11.0 Å². The van der Waals surface area contributed by atoms with Crippen LogP contribution in [0, 0.1) is 6.92 Å². The molecule has 5 aromatic rings. The van der Waals surface area contributed by atoms with Crippen molar-refractivity contribution in [1.82, 2.24) is 0 Å². The SMILES string of the molecule is COCCC1(CCOC)c2cc(OC)ccc2-c2c1c1c(c3cc(C)ccc23)OC(c2ccc(OC)cc2)(c2ccc(OC)cc2)C=C1. The summed E-state index contributed by atoms with van der Waals surface area (Å²) in [6, 6.07) is 29.5. The highest BCUT2D eigenvalue weighted by molar-refractivity contribution is 6.09. The van der Waals surface area contributed by atoms with Gasteiger partial charge in [-0.15, -0.1) is 0 Å². The molecule has 0 atom stereocenters. The number of methoxy groups -OCH3 is 5. The van der Waals surface area contributed by atoms with Gasteiger partial charge < -0.3 is 28.4 Å². The number of hydrogen-bond acceptors (Lipinski definition) is 6. The van der Waals surface area contributed by atoms with Crippen LogP contribution in [0.5, 0.6) is 23.0 Å². The zero-order valence-electron chi connectivity index (χ0n) is 28.5. The van der Waals surface area contributed by atoms with Crippen LogP contribution < -0.4 is 18.9 Å². The Hall–Kier alpha value is -4.78. The summed E-state index contributed by atoms with van der Waals surface area (Å²) in [6.45, 7) is 3.32. The van der Waals surface area contributed by atoms with Crippen molar-refractivity contribution in [3.63, 3.8) is 0 Å². The molecule has 1 aliphatic carbocycles. The lowest BCUT2D eigenvalue weighted by atomic mass is 9.70. The van der Waals surface area contributed by atoms with E-state index in [1.54, 1.807) is 35.5 Å². The molecule has 48 heavy (non-hydrogen) atoms. The zero-order chi connectivity index (χ0) is 33.5. The quantitative estimate of drug-likeness (QED) is 0.144. The second kappa shape index (κ2) is 12.7. The number of aryl methyl sites for hydroxylation is 1. The minimum atomic E-state index is -0.910. The summed E-state index contributed by atoms with van der Waals surface area (Å²) in [7, 11) is 8.63. The molecule has 0 N–H and O–H groups in total. The van der Waals surface area contributed by atoms with E-state index in [9.17, 15) is 0 Å². The maximum atomic E-state index is 7.52. The molecule has 0 fully saturated rings. The van der Waals surface area contributed by atoms with Gasteiger partial charge in [0.1, 0.15) is 23.0 Å². The Morgan fingerprint density at radius 1 is 0.625 bits per heavy atom. The van der Waals surface area contributed by atoms with E-state index in [1.165, 1.54) is 27.8 Å². The topological polar surface area (TPSA) is 55.4 Å². The number of ether oxygens (including phenoxy) is 6. The van der Waals surface area contributed by atoms with Crippen molar-refractivity contribution in [2.45, 2.75) is 30.8 Å². The van der Waals surface area contributed by atoms with Gasteiger partial charge in [0.2, 0.25) is 0 Å². The average Bonchev–Trinajstić information content (AvgIpc) is 3.42. The Morgan fingerprint density at radius 3 is 1.77 bits per heavy atom. The van der Waals surface area contributed by atoms with Crippen LogP contribution in [-0.2, 0) is 20.5 Å². The predicted molar refractivity (Wildman–Crippen MR) is 191 cm³/mol. The highest BCUT2D eigenvalue weighted by Gasteiger charge is 2.48. The third-order valence-electron chi connectivity index (χ3n) is 10.2. The Balaban J connectivity index is 1.56. The van der Waals surface area contributed by atoms with Gasteiger partial charge in [-0.2, -0.15) is 0 Å². The fourth-order valence-corrected chi connectivity index (χ4v) is 7.78. The molecule has 1 heterocycles. The molecule has 0 amide bonds. The second-order valence-electron chi connectivity index (χ2n) is 12.6. The molecule has 0 saturated carbocycles. The van der Waals surface area contributed by atoms with Crippen LogP contribution >= 0.6 is 0 Å². The largest absolute Gasteiger partial charge is 0.497 e. The van der Waals surface area contributed by atoms with Crippen LogP contribution in [0.2, 0.25) is 0 Å². The Bertz CT molecular complexity index is 1940. The molecule has 0 saturated heterocycles. The van der Waals surface area contributed by atoms with E-state index in [0.717, 1.165) is 63.3 Å². The van der Waals surface area contributed by atoms with Gasteiger partial charge in [0, 0.05) is 54.9 Å². The Morgan fingerprint density at radius 2 is 1.21 bits per heavy atom. The summed E-state index contributed by atoms with van der Waals surface area (Å²) in [4.78, 5) is 0. The van der Waals surface area contributed by atoms with E-state index in [4.69, 9.17) is 28.4 Å². The van der Waals surface area contributed by atoms with Crippen LogP contribution in [0.15, 0.2) is 91.0 Å². The van der Waals surface area contributed by atoms with Crippen LogP contribution in [0.3, 0.4) is 0 Å². The van der Waals surface area contributed by atoms with Gasteiger partial charge in [-0.25, -0.2) is 0 Å². The standard InChI is InChI=1S/C42H42O6/c1-27-7-17-33-36(25-27)40-35(39-38(33)34-18-16-32(47-6)26-37(34)41(39,21-23-43-2)22-24-44-3)19-20-42(48-40,28-8-12-30(45-4)13-9-28)29-10-14-31(46-5)15-11-29/h7-20,25-26H,21-24H2,1-6H3. The molecule has 246 valence electrons. The summed E-state index contributed by atoms with van der Waals surface area (Å²) in [5.41, 5.74) is 7.87. The third-order valence-corrected chi connectivity index (χ3v) is 10.2. The van der Waals surface area contributed by atoms with E-state index in [-0.39, 0.29) is 0 Å². The lowest BCUT2D eigenvalue weighted by molar-refractivity contribution is 0.143. The highest BCUT2D eigenvalue weighted by Crippen LogP contribution is 2.61. The second-order valence-corrected chi connectivity index (χ2v) is 12.6. The van der Waals surface area contributed by atoms with Gasteiger partial charge >= 0.3 is 0 Å². The van der Waals surface area contributed by atoms with Crippen LogP contribution in [0.1, 0.15) is 46.2 Å². The lowest BCUT2D eigenvalue weighted by Gasteiger charge is -2.40. The Kier molecular flexibility index (Phi) is 8.40. The molecular formula is C42H42O6. The number of benzene rings is 5. The first-order valence-electron chi connectivity index (χ1n) is 16.4. The highest BCUT2D eigenvalue weighted by atomic mass is 16.5. The van der Waals surface area contributed by atoms with Crippen LogP contribution in [-0.4, -0.2) is 48.8 Å². The number of rotatable bonds is 11. The van der Waals surface area contributed by atoms with Crippen molar-refractivity contribution in [1.29, 1.82) is 0 Å². The fourth-order valence-electron chi connectivity index (χ4n) is 7.78. The number of hydrogen-bond donors (Lipinski definition) is 0. The summed E-state index contributed by atoms with van der Waals surface area (Å²) >= 11 is 0. The van der Waals surface area contributed by atoms with Gasteiger partial charge in [0.15, 0.2) is 5.60 Å². The van der Waals surface area contributed by atoms with Crippen molar-refractivity contribution < 1.29 is 28.4 Å². The maximum Gasteiger partial charge on any atom is 0.178 e. The monoisotopic (exact) mass is 642 g/mol. The van der Waals surface area contributed by atoms with E-state index in [1.807, 2.05) is 24.3 Å². The molecule has 5 aromatic carbocycles. The van der Waals surface area contributed by atoms with Crippen molar-refractivity contribution in [3.05, 3.63) is 124 Å². The third kappa shape index (κ3) is 4.94. The smallest absolute Gasteiger partial charge is 0.178 e. The number of fused-ring (bicyclic) bond motifs is 8. The molecule has 0 bridgehead atoms. The van der Waals surface area contributed by atoms with E-state index >= 15 is 0 Å². The van der Waals surface area contributed by atoms with Gasteiger partial charge in [-0.3, -0.25) is 0 Å². The normalized spacial score (nSPS) is 15.0. The maximum absolute atomic E-state index is 7.52. The molecule has 6 nitrogen and oxygen atoms in total. The van der Waals surface area contributed by atoms with E-state index in [0.29, 0.717) is 13.2 Å². The molecule has 0 radical (unpaired) electrons. The van der Waals surface area contributed by atoms with Gasteiger partial charge in [-0.05, 0) is 95.9 Å². The first kappa shape index (κ1) is 31.8. The minimum Gasteiger partial charge on any atom is -0.497 e. The van der Waals surface area contributed by atoms with Gasteiger partial charge in [-0.1, -0.05) is 54.1 Å². The summed E-state index contributed by atoms with van der Waals surface area (Å²) < 4.78 is 36.0. The molecule has 6 heteroatoms. The van der Waals surface area contributed by atoms with Crippen LogP contribution in [0.25, 0.3) is 28.0 Å². The van der Waals surface area contributed by atoms with Crippen molar-refractivity contribution >= 4 is 16.8 Å². The van der Waals surface area contributed by atoms with Crippen molar-refractivity contribution in [2.75, 3.05) is 48.8 Å². The van der Waals surface area contributed by atoms with E-state index in [2.05, 4.69) is 79.7 Å². The molecule has 2 aliphatic rings. The zero-order valence-corrected chi connectivity index (χ0v) is 28.5. The summed E-state index contributed by atoms with van der Waals surface area (Å²) in [6.07, 6.45) is 6.05. The first-order valence-corrected chi connectivity index (χ1v) is 16.4. The van der Waals surface area contributed by atoms with Crippen molar-refractivity contribution in [2.24, 2.45) is 0 Å². The molecule has 7 rings (SSSR count). The Labute approximate surface area is 282 Å². The lowest BCUT2D eigenvalue weighted by Crippen LogP contribution is -2.36. The molecule has 1 aliphatic heterocycles. The molecule has 0 spiro atoms. The summed E-state index contributed by atoms with van der Waals surface area (Å²) in [5.74, 6) is 3.27. The van der Waals surface area contributed by atoms with Crippen molar-refractivity contribution in [3.8, 4) is 34.1 Å². The average molecular weight is 643 g/mol. The minimum absolute atomic E-state index is 0.400. The molecule has 0 unspecified atom stereocenters. The fraction of sp³-hybridized carbons (Fsp3) is 0.286. The molecule has 0 aromatic heterocycles. The van der Waals surface area contributed by atoms with Gasteiger partial charge in [0.25, 0.3) is 0 Å². The van der Waals surface area contributed by atoms with Gasteiger partial charge in [0.05, 0.1) is 21.3 Å². The predicted octanol–water partition coefficient (Wildman–Crippen LogP) is 8.86. The first-order chi connectivity index (χ1) is 23.4. The summed E-state index contributed by atoms with van der Waals surface area (Å²) in [5, 5.41) is 2.24. The molecular weight excluding hydrogens is 600 g/mol. The van der Waals surface area contributed by atoms with Crippen LogP contribution in [0.4, 0.5) is 0 Å².